The molecule has 1 aliphatic carbocycles. The minimum atomic E-state index is -0.367. The van der Waals surface area contributed by atoms with E-state index in [1.165, 1.54) is 0 Å². The summed E-state index contributed by atoms with van der Waals surface area (Å²) < 4.78 is 0. The first kappa shape index (κ1) is 18.7. The van der Waals surface area contributed by atoms with E-state index in [2.05, 4.69) is 38.6 Å². The predicted molar refractivity (Wildman–Crippen MR) is 109 cm³/mol. The lowest BCUT2D eigenvalue weighted by Gasteiger charge is -2.27. The van der Waals surface area contributed by atoms with Crippen LogP contribution in [0, 0.1) is 18.3 Å². The third-order valence-electron chi connectivity index (χ3n) is 6.03. The molecule has 28 heavy (non-hydrogen) atoms. The molecule has 0 radical (unpaired) electrons. The van der Waals surface area contributed by atoms with E-state index in [9.17, 15) is 4.79 Å². The molecule has 0 bridgehead atoms. The molecule has 4 rings (SSSR count). The molecule has 1 aliphatic heterocycles. The highest BCUT2D eigenvalue weighted by atomic mass is 16.1. The molecule has 1 saturated carbocycles. The number of benzene rings is 1. The molecule has 1 amide bonds. The topological polar surface area (TPSA) is 82.5 Å². The van der Waals surface area contributed by atoms with Crippen LogP contribution in [-0.4, -0.2) is 28.1 Å². The predicted octanol–water partition coefficient (Wildman–Crippen LogP) is 4.31. The minimum absolute atomic E-state index is 0.0943. The van der Waals surface area contributed by atoms with Gasteiger partial charge in [-0.3, -0.25) is 4.79 Å². The second kappa shape index (κ2) is 8.14. The zero-order valence-corrected chi connectivity index (χ0v) is 16.2. The smallest absolute Gasteiger partial charge is 0.220 e. The number of aromatic amines is 1. The lowest BCUT2D eigenvalue weighted by molar-refractivity contribution is -0.121. The van der Waals surface area contributed by atoms with Gasteiger partial charge in [-0.25, -0.2) is 4.98 Å². The molecular weight excluding hydrogens is 350 g/mol. The number of hydrogen-bond acceptors (Lipinski definition) is 4. The SMILES string of the molecule is C#CCCC1(CCC(=O)NCC2CCC(c3nc4ccccc4[nH]3)CC2)N=N1. The maximum atomic E-state index is 12.2. The lowest BCUT2D eigenvalue weighted by atomic mass is 9.81. The summed E-state index contributed by atoms with van der Waals surface area (Å²) in [7, 11) is 0. The number of nitrogens with zero attached hydrogens (tertiary/aromatic N) is 3. The third kappa shape index (κ3) is 4.41. The highest BCUT2D eigenvalue weighted by Crippen LogP contribution is 2.38. The molecule has 6 nitrogen and oxygen atoms in total. The molecule has 2 aliphatic rings. The van der Waals surface area contributed by atoms with Crippen LogP contribution in [0.3, 0.4) is 0 Å². The Kier molecular flexibility index (Phi) is 5.43. The van der Waals surface area contributed by atoms with Gasteiger partial charge in [0.15, 0.2) is 5.66 Å². The van der Waals surface area contributed by atoms with E-state index in [0.29, 0.717) is 31.1 Å². The van der Waals surface area contributed by atoms with Crippen LogP contribution in [0.4, 0.5) is 0 Å². The lowest BCUT2D eigenvalue weighted by Crippen LogP contribution is -2.31. The number of hydrogen-bond donors (Lipinski definition) is 2. The molecule has 2 aromatic rings. The second-order valence-corrected chi connectivity index (χ2v) is 8.05. The van der Waals surface area contributed by atoms with Crippen LogP contribution in [-0.2, 0) is 4.79 Å². The quantitative estimate of drug-likeness (QED) is 0.672. The minimum Gasteiger partial charge on any atom is -0.356 e. The number of rotatable bonds is 8. The van der Waals surface area contributed by atoms with Crippen molar-refractivity contribution in [1.82, 2.24) is 15.3 Å². The van der Waals surface area contributed by atoms with Crippen molar-refractivity contribution in [3.8, 4) is 12.3 Å². The summed E-state index contributed by atoms with van der Waals surface area (Å²) in [6.45, 7) is 0.761. The summed E-state index contributed by atoms with van der Waals surface area (Å²) in [6.07, 6.45) is 12.3. The summed E-state index contributed by atoms with van der Waals surface area (Å²) in [6, 6.07) is 8.18. The standard InChI is InChI=1S/C22H27N5O/c1-2-3-13-22(26-27-22)14-12-20(28)23-15-16-8-10-17(11-9-16)21-24-18-6-4-5-7-19(18)25-21/h1,4-7,16-17H,3,8-15H2,(H,23,28)(H,24,25). The van der Waals surface area contributed by atoms with Crippen molar-refractivity contribution < 1.29 is 4.79 Å². The number of terminal acetylenes is 1. The first-order valence-electron chi connectivity index (χ1n) is 10.3. The van der Waals surface area contributed by atoms with Crippen molar-refractivity contribution in [2.45, 2.75) is 62.9 Å². The van der Waals surface area contributed by atoms with Crippen molar-refractivity contribution >= 4 is 16.9 Å². The van der Waals surface area contributed by atoms with Crippen LogP contribution in [0.25, 0.3) is 11.0 Å². The summed E-state index contributed by atoms with van der Waals surface area (Å²) in [5, 5.41) is 11.3. The highest BCUT2D eigenvalue weighted by molar-refractivity contribution is 5.76. The maximum Gasteiger partial charge on any atom is 0.220 e. The molecule has 6 heteroatoms. The van der Waals surface area contributed by atoms with Crippen LogP contribution >= 0.6 is 0 Å². The Labute approximate surface area is 165 Å². The van der Waals surface area contributed by atoms with E-state index in [1.807, 2.05) is 12.1 Å². The van der Waals surface area contributed by atoms with Gasteiger partial charge in [0.1, 0.15) is 5.82 Å². The van der Waals surface area contributed by atoms with E-state index < -0.39 is 0 Å². The summed E-state index contributed by atoms with van der Waals surface area (Å²) in [4.78, 5) is 20.4. The molecule has 0 atom stereocenters. The van der Waals surface area contributed by atoms with Crippen LogP contribution in [0.2, 0.25) is 0 Å². The van der Waals surface area contributed by atoms with Gasteiger partial charge in [-0.05, 0) is 43.7 Å². The van der Waals surface area contributed by atoms with E-state index in [1.54, 1.807) is 0 Å². The Morgan fingerprint density at radius 3 is 2.71 bits per heavy atom. The molecule has 0 unspecified atom stereocenters. The summed E-state index contributed by atoms with van der Waals surface area (Å²) in [5.74, 6) is 4.86. The van der Waals surface area contributed by atoms with E-state index in [4.69, 9.17) is 11.4 Å². The molecule has 0 spiro atoms. The van der Waals surface area contributed by atoms with Gasteiger partial charge in [0.25, 0.3) is 0 Å². The average Bonchev–Trinajstić information content (AvgIpc) is 3.37. The van der Waals surface area contributed by atoms with Crippen molar-refractivity contribution in [3.63, 3.8) is 0 Å². The molecule has 1 aromatic heterocycles. The number of carbonyl (C=O) groups excluding carboxylic acids is 1. The number of fused-ring (bicyclic) bond motifs is 1. The van der Waals surface area contributed by atoms with Crippen molar-refractivity contribution in [2.24, 2.45) is 16.1 Å². The summed E-state index contributed by atoms with van der Waals surface area (Å²) in [5.41, 5.74) is 1.79. The van der Waals surface area contributed by atoms with Gasteiger partial charge in [0.05, 0.1) is 11.0 Å². The number of amides is 1. The first-order valence-corrected chi connectivity index (χ1v) is 10.3. The molecule has 1 aromatic carbocycles. The van der Waals surface area contributed by atoms with Gasteiger partial charge in [-0.2, -0.15) is 10.2 Å². The number of aromatic nitrogens is 2. The van der Waals surface area contributed by atoms with Crippen LogP contribution in [0.1, 0.15) is 63.1 Å². The van der Waals surface area contributed by atoms with Crippen molar-refractivity contribution in [2.75, 3.05) is 6.54 Å². The molecule has 1 fully saturated rings. The zero-order chi connectivity index (χ0) is 19.4. The van der Waals surface area contributed by atoms with Gasteiger partial charge in [-0.15, -0.1) is 12.3 Å². The van der Waals surface area contributed by atoms with Crippen LogP contribution in [0.5, 0.6) is 0 Å². The molecular formula is C22H27N5O. The number of carbonyl (C=O) groups is 1. The molecule has 2 N–H and O–H groups in total. The van der Waals surface area contributed by atoms with E-state index >= 15 is 0 Å². The van der Waals surface area contributed by atoms with Gasteiger partial charge >= 0.3 is 0 Å². The van der Waals surface area contributed by atoms with Crippen LogP contribution < -0.4 is 5.32 Å². The largest absolute Gasteiger partial charge is 0.356 e. The van der Waals surface area contributed by atoms with Gasteiger partial charge in [0, 0.05) is 38.1 Å². The number of H-pyrrole nitrogens is 1. The first-order chi connectivity index (χ1) is 13.7. The second-order valence-electron chi connectivity index (χ2n) is 8.05. The fourth-order valence-electron chi connectivity index (χ4n) is 4.13. The number of para-hydroxylation sites is 2. The Hall–Kier alpha value is -2.68. The van der Waals surface area contributed by atoms with Crippen molar-refractivity contribution in [3.05, 3.63) is 30.1 Å². The Morgan fingerprint density at radius 1 is 1.21 bits per heavy atom. The number of imidazole rings is 1. The molecule has 0 saturated heterocycles. The van der Waals surface area contributed by atoms with Crippen LogP contribution in [0.15, 0.2) is 34.5 Å². The van der Waals surface area contributed by atoms with Crippen molar-refractivity contribution in [1.29, 1.82) is 0 Å². The monoisotopic (exact) mass is 377 g/mol. The fraction of sp³-hybridized carbons (Fsp3) is 0.545. The maximum absolute atomic E-state index is 12.2. The molecule has 2 heterocycles. The third-order valence-corrected chi connectivity index (χ3v) is 6.03. The molecule has 146 valence electrons. The summed E-state index contributed by atoms with van der Waals surface area (Å²) >= 11 is 0. The Balaban J connectivity index is 1.17. The Morgan fingerprint density at radius 2 is 2.00 bits per heavy atom. The zero-order valence-electron chi connectivity index (χ0n) is 16.2. The van der Waals surface area contributed by atoms with Gasteiger partial charge in [-0.1, -0.05) is 12.1 Å². The highest BCUT2D eigenvalue weighted by Gasteiger charge is 2.39. The normalized spacial score (nSPS) is 22.7. The average molecular weight is 377 g/mol. The van der Waals surface area contributed by atoms with E-state index in [-0.39, 0.29) is 11.6 Å². The Bertz CT molecular complexity index is 862. The number of nitrogens with one attached hydrogen (secondary N) is 2. The fourth-order valence-corrected chi connectivity index (χ4v) is 4.13. The van der Waals surface area contributed by atoms with E-state index in [0.717, 1.165) is 55.5 Å². The van der Waals surface area contributed by atoms with Gasteiger partial charge < -0.3 is 10.3 Å². The van der Waals surface area contributed by atoms with Gasteiger partial charge in [0.2, 0.25) is 5.91 Å².